The summed E-state index contributed by atoms with van der Waals surface area (Å²) in [6.07, 6.45) is 3.73. The van der Waals surface area contributed by atoms with E-state index in [9.17, 15) is 0 Å². The van der Waals surface area contributed by atoms with Crippen LogP contribution in [-0.2, 0) is 4.74 Å². The highest BCUT2D eigenvalue weighted by Gasteiger charge is 1.98. The van der Waals surface area contributed by atoms with E-state index in [1.165, 1.54) is 24.8 Å². The van der Waals surface area contributed by atoms with E-state index in [-0.39, 0.29) is 52.0 Å². The van der Waals surface area contributed by atoms with Crippen molar-refractivity contribution in [2.75, 3.05) is 42.7 Å². The zero-order chi connectivity index (χ0) is 46.8. The van der Waals surface area contributed by atoms with Gasteiger partial charge in [-0.05, 0) is 66.4 Å². The summed E-state index contributed by atoms with van der Waals surface area (Å²) in [6, 6.07) is 49.4. The fourth-order valence-corrected chi connectivity index (χ4v) is 3.24. The molecule has 0 fully saturated rings. The highest BCUT2D eigenvalue weighted by molar-refractivity contribution is 5.22. The van der Waals surface area contributed by atoms with Crippen LogP contribution in [0.4, 0.5) is 0 Å². The van der Waals surface area contributed by atoms with Crippen LogP contribution in [0, 0.1) is 0 Å². The topological polar surface area (TPSA) is 46.2 Å². The maximum absolute atomic E-state index is 4.91. The van der Waals surface area contributed by atoms with Gasteiger partial charge in [-0.2, -0.15) is 0 Å². The third-order valence-electron chi connectivity index (χ3n) is 5.90. The van der Waals surface area contributed by atoms with Gasteiger partial charge in [-0.15, -0.1) is 0 Å². The van der Waals surface area contributed by atoms with E-state index in [4.69, 9.17) is 18.9 Å². The second kappa shape index (κ2) is 98.9. The molecule has 0 aliphatic rings. The van der Waals surface area contributed by atoms with Gasteiger partial charge in [0.15, 0.2) is 0 Å². The molecule has 0 saturated heterocycles. The van der Waals surface area contributed by atoms with Gasteiger partial charge in [-0.25, -0.2) is 0 Å². The number of methoxy groups -OCH3 is 5. The molecule has 1 atom stereocenters. The summed E-state index contributed by atoms with van der Waals surface area (Å²) in [5, 5.41) is 0. The van der Waals surface area contributed by atoms with Crippen molar-refractivity contribution in [1.82, 2.24) is 0 Å². The number of benzene rings is 5. The maximum atomic E-state index is 4.91. The summed E-state index contributed by atoms with van der Waals surface area (Å²) < 4.78 is 23.9. The predicted octanol–water partition coefficient (Wildman–Crippen LogP) is 21.6. The van der Waals surface area contributed by atoms with Crippen LogP contribution >= 0.6 is 0 Å². The molecule has 0 amide bonds. The van der Waals surface area contributed by atoms with Crippen LogP contribution in [0.3, 0.4) is 0 Å². The van der Waals surface area contributed by atoms with Gasteiger partial charge in [0.05, 0.1) is 28.4 Å². The summed E-state index contributed by atoms with van der Waals surface area (Å²) in [5.41, 5.74) is 1.45. The third-order valence-corrected chi connectivity index (χ3v) is 5.90. The van der Waals surface area contributed by atoms with E-state index >= 15 is 0 Å². The van der Waals surface area contributed by atoms with Crippen molar-refractivity contribution in [3.63, 3.8) is 0 Å². The smallest absolute Gasteiger partial charge is 0.118 e. The summed E-state index contributed by atoms with van der Waals surface area (Å²) in [5.74, 6) is 4.35. The summed E-state index contributed by atoms with van der Waals surface area (Å²) in [4.78, 5) is 0. The fourth-order valence-electron chi connectivity index (χ4n) is 3.24. The SMILES string of the molecule is C.C.C.C.C.C.C.CC.CC.CC.CC.CCC.CCC.CCC(C)c1ccccc1.COC.COc1ccccc1.COc1ccccc1.COc1ccccc1.COc1ccccc1. The van der Waals surface area contributed by atoms with Crippen molar-refractivity contribution in [3.8, 4) is 23.0 Å². The van der Waals surface area contributed by atoms with Crippen molar-refractivity contribution in [2.24, 2.45) is 0 Å². The summed E-state index contributed by atoms with van der Waals surface area (Å²) in [6.45, 7) is 29.0. The van der Waals surface area contributed by atoms with E-state index in [0.29, 0.717) is 5.92 Å². The first-order valence-corrected chi connectivity index (χ1v) is 21.6. The Bertz CT molecular complexity index is 1130. The van der Waals surface area contributed by atoms with Crippen molar-refractivity contribution in [3.05, 3.63) is 157 Å². The lowest BCUT2D eigenvalue weighted by molar-refractivity contribution is 0.277. The molecule has 5 rings (SSSR count). The highest BCUT2D eigenvalue weighted by Crippen LogP contribution is 2.17. The van der Waals surface area contributed by atoms with E-state index < -0.39 is 0 Å². The molecule has 5 heteroatoms. The van der Waals surface area contributed by atoms with Crippen molar-refractivity contribution in [1.29, 1.82) is 0 Å². The zero-order valence-corrected chi connectivity index (χ0v) is 41.7. The van der Waals surface area contributed by atoms with Crippen LogP contribution in [0.2, 0.25) is 0 Å². The van der Waals surface area contributed by atoms with Crippen LogP contribution in [-0.4, -0.2) is 42.7 Å². The molecular formula is C61H120O5. The average molecular weight is 934 g/mol. The molecule has 0 bridgehead atoms. The molecule has 0 spiro atoms. The first-order valence-electron chi connectivity index (χ1n) is 21.6. The van der Waals surface area contributed by atoms with Crippen LogP contribution in [0.15, 0.2) is 152 Å². The lowest BCUT2D eigenvalue weighted by Gasteiger charge is -2.06. The predicted molar refractivity (Wildman–Crippen MR) is 314 cm³/mol. The lowest BCUT2D eigenvalue weighted by atomic mass is 9.99. The van der Waals surface area contributed by atoms with E-state index in [2.05, 4.69) is 76.6 Å². The number of ether oxygens (including phenoxy) is 5. The van der Waals surface area contributed by atoms with Crippen LogP contribution in [0.5, 0.6) is 23.0 Å². The third kappa shape index (κ3) is 82.9. The van der Waals surface area contributed by atoms with Crippen LogP contribution < -0.4 is 18.9 Å². The molecule has 0 aliphatic carbocycles. The maximum Gasteiger partial charge on any atom is 0.118 e. The fraction of sp³-hybridized carbons (Fsp3) is 0.508. The summed E-state index contributed by atoms with van der Waals surface area (Å²) >= 11 is 0. The highest BCUT2D eigenvalue weighted by atomic mass is 16.5. The van der Waals surface area contributed by atoms with Crippen molar-refractivity contribution < 1.29 is 23.7 Å². The largest absolute Gasteiger partial charge is 0.497 e. The molecule has 1 unspecified atom stereocenters. The van der Waals surface area contributed by atoms with E-state index in [1.807, 2.05) is 177 Å². The molecule has 0 saturated carbocycles. The molecule has 0 radical (unpaired) electrons. The Morgan fingerprint density at radius 1 is 0.303 bits per heavy atom. The second-order valence-corrected chi connectivity index (χ2v) is 10.6. The zero-order valence-electron chi connectivity index (χ0n) is 41.7. The minimum atomic E-state index is 0. The van der Waals surface area contributed by atoms with Gasteiger partial charge in [-0.1, -0.05) is 265 Å². The molecule has 5 aromatic carbocycles. The average Bonchev–Trinajstić information content (AvgIpc) is 3.34. The Hall–Kier alpha value is -4.74. The first kappa shape index (κ1) is 99.6. The number of para-hydroxylation sites is 4. The van der Waals surface area contributed by atoms with Gasteiger partial charge in [0.2, 0.25) is 0 Å². The molecule has 0 aromatic heterocycles. The van der Waals surface area contributed by atoms with Crippen LogP contribution in [0.1, 0.15) is 180 Å². The molecule has 66 heavy (non-hydrogen) atoms. The second-order valence-electron chi connectivity index (χ2n) is 10.6. The first-order chi connectivity index (χ1) is 28.8. The van der Waals surface area contributed by atoms with Gasteiger partial charge in [0.25, 0.3) is 0 Å². The van der Waals surface area contributed by atoms with Crippen molar-refractivity contribution in [2.45, 2.75) is 174 Å². The van der Waals surface area contributed by atoms with Gasteiger partial charge in [0, 0.05) is 14.2 Å². The Morgan fingerprint density at radius 2 is 0.439 bits per heavy atom. The van der Waals surface area contributed by atoms with Gasteiger partial charge in [-0.3, -0.25) is 0 Å². The monoisotopic (exact) mass is 933 g/mol. The minimum Gasteiger partial charge on any atom is -0.497 e. The minimum absolute atomic E-state index is 0. The van der Waals surface area contributed by atoms with Gasteiger partial charge in [0.1, 0.15) is 23.0 Å². The Kier molecular flexibility index (Phi) is 149. The molecular weight excluding hydrogens is 813 g/mol. The number of rotatable bonds is 6. The molecule has 394 valence electrons. The number of hydrogen-bond donors (Lipinski definition) is 0. The van der Waals surface area contributed by atoms with E-state index in [1.54, 1.807) is 42.7 Å². The van der Waals surface area contributed by atoms with Gasteiger partial charge < -0.3 is 23.7 Å². The molecule has 5 nitrogen and oxygen atoms in total. The quantitative estimate of drug-likeness (QED) is 0.170. The standard InChI is InChI=1S/C10H14.4C7H8O.2C3H8.C2H6O.4C2H6.7CH4/c1-3-9(2)10-7-5-4-6-8-10;4*1-8-7-5-3-2-4-6-7;3*1-3-2;4*1-2;;;;;;;/h4-9H,3H2,1-2H3;4*2-6H,1H3;2*3H2,1-2H3;1-2H3;4*1-2H3;7*1H4. The number of hydrogen-bond acceptors (Lipinski definition) is 5. The Balaban J connectivity index is -0.0000000385. The lowest BCUT2D eigenvalue weighted by Crippen LogP contribution is -1.88. The normalized spacial score (nSPS) is 7.33. The van der Waals surface area contributed by atoms with Gasteiger partial charge >= 0.3 is 0 Å². The molecule has 0 heterocycles. The Morgan fingerprint density at radius 3 is 0.545 bits per heavy atom. The van der Waals surface area contributed by atoms with Crippen LogP contribution in [0.25, 0.3) is 0 Å². The molecule has 0 aliphatic heterocycles. The molecule has 0 N–H and O–H groups in total. The molecule has 5 aromatic rings. The van der Waals surface area contributed by atoms with Crippen molar-refractivity contribution >= 4 is 0 Å². The van der Waals surface area contributed by atoms with E-state index in [0.717, 1.165) is 23.0 Å². The Labute approximate surface area is 419 Å². The summed E-state index contributed by atoms with van der Waals surface area (Å²) in [7, 11) is 9.90.